The lowest BCUT2D eigenvalue weighted by Crippen LogP contribution is -2.61. The second-order valence-corrected chi connectivity index (χ2v) is 5.14. The third-order valence-electron chi connectivity index (χ3n) is 3.82. The van der Waals surface area contributed by atoms with Crippen molar-refractivity contribution in [2.45, 2.75) is 36.9 Å². The minimum absolute atomic E-state index is 0.258. The molecular weight excluding hydrogens is 290 g/mol. The Morgan fingerprint density at radius 1 is 1.32 bits per heavy atom. The number of aliphatic hydroxyl groups excluding tert-OH is 1. The fourth-order valence-corrected chi connectivity index (χ4v) is 2.75. The molecule has 0 unspecified atom stereocenters. The average Bonchev–Trinajstić information content (AvgIpc) is 2.57. The highest BCUT2D eigenvalue weighted by Crippen LogP contribution is 2.35. The molecule has 1 aromatic rings. The van der Waals surface area contributed by atoms with Crippen molar-refractivity contribution in [2.75, 3.05) is 13.7 Å². The summed E-state index contributed by atoms with van der Waals surface area (Å²) in [4.78, 5) is 2.80. The van der Waals surface area contributed by atoms with Crippen molar-refractivity contribution in [3.63, 3.8) is 0 Å². The Morgan fingerprint density at radius 2 is 2.09 bits per heavy atom. The number of rotatable bonds is 3. The fraction of sp³-hybridized carbons (Fsp3) is 0.571. The minimum atomic E-state index is -1.10. The summed E-state index contributed by atoms with van der Waals surface area (Å²) in [5, 5.41) is 13.9. The van der Waals surface area contributed by atoms with Gasteiger partial charge in [0.05, 0.1) is 12.6 Å². The van der Waals surface area contributed by atoms with Crippen LogP contribution in [0.5, 0.6) is 0 Å². The van der Waals surface area contributed by atoms with Crippen LogP contribution < -0.4 is 0 Å². The molecule has 0 radical (unpaired) electrons. The molecule has 118 valence electrons. The lowest BCUT2D eigenvalue weighted by Gasteiger charge is -2.46. The molecule has 0 bridgehead atoms. The SMILES string of the molecule is CO[C@H]1O[C@@H]2CO[C@@H](c3ccccc3)O[C@H]2[C@H](N=[N+]=[N-])[C@@H]1O. The first-order valence-electron chi connectivity index (χ1n) is 6.97. The predicted molar refractivity (Wildman–Crippen MR) is 74.6 cm³/mol. The molecule has 2 fully saturated rings. The first-order chi connectivity index (χ1) is 10.7. The van der Waals surface area contributed by atoms with Crippen molar-refractivity contribution < 1.29 is 24.1 Å². The van der Waals surface area contributed by atoms with Gasteiger partial charge in [-0.25, -0.2) is 0 Å². The third kappa shape index (κ3) is 2.80. The van der Waals surface area contributed by atoms with Crippen molar-refractivity contribution in [1.29, 1.82) is 0 Å². The van der Waals surface area contributed by atoms with Crippen LogP contribution in [-0.4, -0.2) is 49.5 Å². The van der Waals surface area contributed by atoms with E-state index in [2.05, 4.69) is 10.0 Å². The fourth-order valence-electron chi connectivity index (χ4n) is 2.75. The van der Waals surface area contributed by atoms with Crippen molar-refractivity contribution >= 4 is 0 Å². The topological polar surface area (TPSA) is 106 Å². The molecule has 0 saturated carbocycles. The number of azide groups is 1. The minimum Gasteiger partial charge on any atom is -0.387 e. The Kier molecular flexibility index (Phi) is 4.58. The Morgan fingerprint density at radius 3 is 2.77 bits per heavy atom. The largest absolute Gasteiger partial charge is 0.387 e. The van der Waals surface area contributed by atoms with Crippen molar-refractivity contribution in [3.05, 3.63) is 46.3 Å². The van der Waals surface area contributed by atoms with Gasteiger partial charge in [0.1, 0.15) is 18.3 Å². The van der Waals surface area contributed by atoms with Crippen LogP contribution in [0, 0.1) is 0 Å². The Bertz CT molecular complexity index is 551. The molecule has 0 spiro atoms. The number of fused-ring (bicyclic) bond motifs is 1. The number of hydrogen-bond donors (Lipinski definition) is 1. The summed E-state index contributed by atoms with van der Waals surface area (Å²) in [6.07, 6.45) is -3.64. The van der Waals surface area contributed by atoms with Crippen LogP contribution >= 0.6 is 0 Å². The monoisotopic (exact) mass is 307 g/mol. The number of benzene rings is 1. The van der Waals surface area contributed by atoms with E-state index in [1.165, 1.54) is 7.11 Å². The molecule has 6 atom stereocenters. The summed E-state index contributed by atoms with van der Waals surface area (Å²) in [7, 11) is 1.42. The van der Waals surface area contributed by atoms with E-state index >= 15 is 0 Å². The van der Waals surface area contributed by atoms with Crippen molar-refractivity contribution in [3.8, 4) is 0 Å². The maximum atomic E-state index is 10.2. The summed E-state index contributed by atoms with van der Waals surface area (Å²) >= 11 is 0. The Hall–Kier alpha value is -1.67. The molecule has 1 aromatic carbocycles. The van der Waals surface area contributed by atoms with Crippen LogP contribution in [0.1, 0.15) is 11.9 Å². The molecule has 22 heavy (non-hydrogen) atoms. The highest BCUT2D eigenvalue weighted by Gasteiger charge is 2.49. The Balaban J connectivity index is 1.82. The molecule has 8 heteroatoms. The van der Waals surface area contributed by atoms with Gasteiger partial charge in [-0.2, -0.15) is 0 Å². The maximum absolute atomic E-state index is 10.2. The molecule has 2 saturated heterocycles. The maximum Gasteiger partial charge on any atom is 0.184 e. The van der Waals surface area contributed by atoms with Gasteiger partial charge >= 0.3 is 0 Å². The first-order valence-corrected chi connectivity index (χ1v) is 6.97. The van der Waals surface area contributed by atoms with E-state index in [-0.39, 0.29) is 6.61 Å². The predicted octanol–water partition coefficient (Wildman–Crippen LogP) is 1.51. The van der Waals surface area contributed by atoms with Gasteiger partial charge in [-0.05, 0) is 5.53 Å². The van der Waals surface area contributed by atoms with Gasteiger partial charge < -0.3 is 24.1 Å². The number of aliphatic hydroxyl groups is 1. The highest BCUT2D eigenvalue weighted by atomic mass is 16.7. The van der Waals surface area contributed by atoms with Crippen LogP contribution in [0.4, 0.5) is 0 Å². The normalized spacial score (nSPS) is 37.9. The number of nitrogens with zero attached hydrogens (tertiary/aromatic N) is 3. The molecule has 0 amide bonds. The second kappa shape index (κ2) is 6.62. The molecule has 1 N–H and O–H groups in total. The molecule has 3 rings (SSSR count). The summed E-state index contributed by atoms with van der Waals surface area (Å²) < 4.78 is 22.2. The van der Waals surface area contributed by atoms with E-state index in [0.29, 0.717) is 0 Å². The summed E-state index contributed by atoms with van der Waals surface area (Å²) in [5.41, 5.74) is 9.60. The van der Waals surface area contributed by atoms with E-state index in [1.54, 1.807) is 0 Å². The van der Waals surface area contributed by atoms with Crippen LogP contribution in [0.3, 0.4) is 0 Å². The smallest absolute Gasteiger partial charge is 0.184 e. The first kappa shape index (κ1) is 15.2. The van der Waals surface area contributed by atoms with Gasteiger partial charge in [0.2, 0.25) is 0 Å². The number of hydrogen-bond acceptors (Lipinski definition) is 6. The molecule has 2 heterocycles. The van der Waals surface area contributed by atoms with Crippen LogP contribution in [-0.2, 0) is 18.9 Å². The molecule has 0 aliphatic carbocycles. The van der Waals surface area contributed by atoms with E-state index in [0.717, 1.165) is 5.56 Å². The summed E-state index contributed by atoms with van der Waals surface area (Å²) in [5.74, 6) is 0. The standard InChI is InChI=1S/C14H17N3O5/c1-19-14-11(18)10(16-17-15)12-9(21-14)7-20-13(22-12)8-5-3-2-4-6-8/h2-6,9-14,18H,7H2,1H3/t9-,10-,11+,12-,13-,14+/m1/s1. The molecule has 2 aliphatic heterocycles. The van der Waals surface area contributed by atoms with E-state index in [4.69, 9.17) is 24.5 Å². The molecule has 8 nitrogen and oxygen atoms in total. The van der Waals surface area contributed by atoms with Gasteiger partial charge in [-0.15, -0.1) is 0 Å². The van der Waals surface area contributed by atoms with Crippen LogP contribution in [0.15, 0.2) is 35.4 Å². The van der Waals surface area contributed by atoms with E-state index in [1.807, 2.05) is 30.3 Å². The van der Waals surface area contributed by atoms with Gasteiger partial charge in [0.15, 0.2) is 12.6 Å². The van der Waals surface area contributed by atoms with Gasteiger partial charge in [-0.1, -0.05) is 35.4 Å². The lowest BCUT2D eigenvalue weighted by atomic mass is 9.96. The summed E-state index contributed by atoms with van der Waals surface area (Å²) in [6.45, 7) is 0.258. The number of methoxy groups -OCH3 is 1. The van der Waals surface area contributed by atoms with Crippen molar-refractivity contribution in [1.82, 2.24) is 0 Å². The van der Waals surface area contributed by atoms with E-state index in [9.17, 15) is 5.11 Å². The second-order valence-electron chi connectivity index (χ2n) is 5.14. The van der Waals surface area contributed by atoms with Gasteiger partial charge in [-0.3, -0.25) is 0 Å². The van der Waals surface area contributed by atoms with Gasteiger partial charge in [0.25, 0.3) is 0 Å². The zero-order chi connectivity index (χ0) is 15.5. The lowest BCUT2D eigenvalue weighted by molar-refractivity contribution is -0.337. The Labute approximate surface area is 127 Å². The van der Waals surface area contributed by atoms with E-state index < -0.39 is 36.9 Å². The molecule has 2 aliphatic rings. The number of ether oxygens (including phenoxy) is 4. The molecular formula is C14H17N3O5. The van der Waals surface area contributed by atoms with Crippen LogP contribution in [0.2, 0.25) is 0 Å². The van der Waals surface area contributed by atoms with Crippen molar-refractivity contribution in [2.24, 2.45) is 5.11 Å². The zero-order valence-electron chi connectivity index (χ0n) is 12.0. The zero-order valence-corrected chi connectivity index (χ0v) is 12.0. The third-order valence-corrected chi connectivity index (χ3v) is 3.82. The van der Waals surface area contributed by atoms with Crippen LogP contribution in [0.25, 0.3) is 10.4 Å². The average molecular weight is 307 g/mol. The summed E-state index contributed by atoms with van der Waals surface area (Å²) in [6, 6.07) is 8.62. The quantitative estimate of drug-likeness (QED) is 0.517. The highest BCUT2D eigenvalue weighted by molar-refractivity contribution is 5.16. The van der Waals surface area contributed by atoms with Gasteiger partial charge in [0, 0.05) is 17.6 Å². The molecule has 0 aromatic heterocycles.